The molecule has 0 aromatic heterocycles. The molecule has 5 nitrogen and oxygen atoms in total. The molecule has 4 bridgehead atoms. The van der Waals surface area contributed by atoms with Crippen LogP contribution in [0.5, 0.6) is 0 Å². The first kappa shape index (κ1) is 16.9. The van der Waals surface area contributed by atoms with Gasteiger partial charge in [0.25, 0.3) is 0 Å². The normalized spacial score (nSPS) is 35.3. The van der Waals surface area contributed by atoms with Crippen LogP contribution in [-0.2, 0) is 9.53 Å². The molecule has 2 unspecified atom stereocenters. The lowest BCUT2D eigenvalue weighted by Crippen LogP contribution is -2.57. The molecule has 0 spiro atoms. The number of ether oxygens (including phenoxy) is 1. The van der Waals surface area contributed by atoms with Crippen molar-refractivity contribution >= 4 is 39.3 Å². The van der Waals surface area contributed by atoms with Crippen molar-refractivity contribution in [3.05, 3.63) is 24.3 Å². The van der Waals surface area contributed by atoms with E-state index >= 15 is 0 Å². The third-order valence-electron chi connectivity index (χ3n) is 6.05. The third-order valence-corrected chi connectivity index (χ3v) is 6.97. The van der Waals surface area contributed by atoms with Gasteiger partial charge in [0.1, 0.15) is 0 Å². The molecule has 0 aliphatic heterocycles. The summed E-state index contributed by atoms with van der Waals surface area (Å²) in [6, 6.07) is 7.15. The van der Waals surface area contributed by atoms with E-state index < -0.39 is 6.09 Å². The maximum absolute atomic E-state index is 13.1. The molecule has 2 N–H and O–H groups in total. The summed E-state index contributed by atoms with van der Waals surface area (Å²) in [6.45, 7) is 0. The van der Waals surface area contributed by atoms with Gasteiger partial charge < -0.3 is 10.1 Å². The number of carbonyl (C=O) groups excluding carboxylic acids is 2. The SMILES string of the molecule is COC(=O)Nc1ccc(NC(=O)C23CC4CC(CC(Br)(C4)C2)C3)cc1. The Bertz CT molecular complexity index is 689. The van der Waals surface area contributed by atoms with E-state index in [0.717, 1.165) is 24.9 Å². The summed E-state index contributed by atoms with van der Waals surface area (Å²) in [6.07, 6.45) is 6.19. The number of hydrogen-bond donors (Lipinski definition) is 2. The van der Waals surface area contributed by atoms with Crippen LogP contribution >= 0.6 is 15.9 Å². The minimum atomic E-state index is -0.507. The summed E-state index contributed by atoms with van der Waals surface area (Å²) in [5.74, 6) is 1.51. The number of carbonyl (C=O) groups is 2. The van der Waals surface area contributed by atoms with Crippen LogP contribution in [0.1, 0.15) is 38.5 Å². The minimum absolute atomic E-state index is 0.152. The van der Waals surface area contributed by atoms with E-state index in [1.807, 2.05) is 12.1 Å². The fourth-order valence-corrected chi connectivity index (χ4v) is 6.94. The fourth-order valence-electron chi connectivity index (χ4n) is 5.49. The fraction of sp³-hybridized carbons (Fsp3) is 0.579. The van der Waals surface area contributed by atoms with Crippen molar-refractivity contribution in [1.29, 1.82) is 0 Å². The Kier molecular flexibility index (Phi) is 4.06. The zero-order valence-corrected chi connectivity index (χ0v) is 15.9. The summed E-state index contributed by atoms with van der Waals surface area (Å²) in [7, 11) is 1.33. The van der Waals surface area contributed by atoms with Gasteiger partial charge in [-0.15, -0.1) is 0 Å². The minimum Gasteiger partial charge on any atom is -0.453 e. The van der Waals surface area contributed by atoms with Gasteiger partial charge in [-0.3, -0.25) is 10.1 Å². The predicted molar refractivity (Wildman–Crippen MR) is 99.9 cm³/mol. The van der Waals surface area contributed by atoms with Gasteiger partial charge in [-0.25, -0.2) is 4.79 Å². The molecule has 5 rings (SSSR count). The van der Waals surface area contributed by atoms with Crippen LogP contribution in [0.15, 0.2) is 24.3 Å². The van der Waals surface area contributed by atoms with Crippen molar-refractivity contribution in [3.63, 3.8) is 0 Å². The Hall–Kier alpha value is -1.56. The van der Waals surface area contributed by atoms with Crippen LogP contribution in [0.3, 0.4) is 0 Å². The summed E-state index contributed by atoms with van der Waals surface area (Å²) >= 11 is 3.95. The molecule has 4 aliphatic carbocycles. The Morgan fingerprint density at radius 1 is 1.04 bits per heavy atom. The van der Waals surface area contributed by atoms with Gasteiger partial charge in [-0.2, -0.15) is 0 Å². The first-order chi connectivity index (χ1) is 11.9. The summed E-state index contributed by atoms with van der Waals surface area (Å²) in [5.41, 5.74) is 1.18. The highest BCUT2D eigenvalue weighted by Crippen LogP contribution is 2.64. The largest absolute Gasteiger partial charge is 0.453 e. The van der Waals surface area contributed by atoms with Gasteiger partial charge >= 0.3 is 6.09 Å². The molecule has 4 aliphatic rings. The molecule has 134 valence electrons. The van der Waals surface area contributed by atoms with Crippen molar-refractivity contribution in [1.82, 2.24) is 0 Å². The lowest BCUT2D eigenvalue weighted by Gasteiger charge is -2.59. The average Bonchev–Trinajstić information content (AvgIpc) is 2.54. The number of halogens is 1. The van der Waals surface area contributed by atoms with Crippen LogP contribution < -0.4 is 10.6 Å². The molecule has 4 saturated carbocycles. The number of anilines is 2. The molecule has 1 aromatic carbocycles. The Morgan fingerprint density at radius 2 is 1.60 bits per heavy atom. The Morgan fingerprint density at radius 3 is 2.12 bits per heavy atom. The van der Waals surface area contributed by atoms with E-state index in [1.165, 1.54) is 26.4 Å². The van der Waals surface area contributed by atoms with Gasteiger partial charge in [0.2, 0.25) is 5.91 Å². The summed E-state index contributed by atoms with van der Waals surface area (Å²) in [5, 5.41) is 5.71. The Balaban J connectivity index is 1.46. The zero-order valence-electron chi connectivity index (χ0n) is 14.3. The van der Waals surface area contributed by atoms with Gasteiger partial charge in [0.05, 0.1) is 12.5 Å². The lowest BCUT2D eigenvalue weighted by atomic mass is 9.49. The summed E-state index contributed by atoms with van der Waals surface area (Å²) in [4.78, 5) is 24.3. The van der Waals surface area contributed by atoms with Crippen LogP contribution in [0, 0.1) is 17.3 Å². The number of rotatable bonds is 3. The van der Waals surface area contributed by atoms with Crippen LogP contribution in [0.4, 0.5) is 16.2 Å². The second kappa shape index (κ2) is 6.01. The predicted octanol–water partition coefficient (Wildman–Crippen LogP) is 4.54. The molecule has 6 heteroatoms. The van der Waals surface area contributed by atoms with E-state index in [2.05, 4.69) is 31.3 Å². The van der Waals surface area contributed by atoms with Crippen molar-refractivity contribution < 1.29 is 14.3 Å². The molecule has 4 fully saturated rings. The molecule has 2 amide bonds. The number of methoxy groups -OCH3 is 1. The van der Waals surface area contributed by atoms with E-state index in [9.17, 15) is 9.59 Å². The first-order valence-electron chi connectivity index (χ1n) is 8.85. The topological polar surface area (TPSA) is 67.4 Å². The van der Waals surface area contributed by atoms with E-state index in [1.54, 1.807) is 12.1 Å². The molecule has 0 radical (unpaired) electrons. The quantitative estimate of drug-likeness (QED) is 0.724. The molecular formula is C19H23BrN2O3. The van der Waals surface area contributed by atoms with Gasteiger partial charge in [-0.1, -0.05) is 15.9 Å². The number of alkyl halides is 1. The number of nitrogens with one attached hydrogen (secondary N) is 2. The molecule has 25 heavy (non-hydrogen) atoms. The molecule has 1 aromatic rings. The summed E-state index contributed by atoms with van der Waals surface area (Å²) < 4.78 is 4.74. The van der Waals surface area contributed by atoms with E-state index in [0.29, 0.717) is 17.5 Å². The van der Waals surface area contributed by atoms with Crippen LogP contribution in [0.2, 0.25) is 0 Å². The van der Waals surface area contributed by atoms with Crippen molar-refractivity contribution in [2.75, 3.05) is 17.7 Å². The second-order valence-electron chi connectivity index (χ2n) is 8.04. The monoisotopic (exact) mass is 406 g/mol. The van der Waals surface area contributed by atoms with E-state index in [4.69, 9.17) is 0 Å². The maximum Gasteiger partial charge on any atom is 0.411 e. The molecule has 0 heterocycles. The number of benzene rings is 1. The van der Waals surface area contributed by atoms with Gasteiger partial charge in [0, 0.05) is 15.7 Å². The molecular weight excluding hydrogens is 384 g/mol. The zero-order chi connectivity index (χ0) is 17.7. The number of amides is 2. The Labute approximate surface area is 156 Å². The molecule has 0 saturated heterocycles. The highest BCUT2D eigenvalue weighted by Gasteiger charge is 2.59. The van der Waals surface area contributed by atoms with Crippen molar-refractivity contribution in [2.45, 2.75) is 42.8 Å². The number of hydrogen-bond acceptors (Lipinski definition) is 3. The van der Waals surface area contributed by atoms with E-state index in [-0.39, 0.29) is 15.6 Å². The van der Waals surface area contributed by atoms with Gasteiger partial charge in [0.15, 0.2) is 0 Å². The average molecular weight is 407 g/mol. The van der Waals surface area contributed by atoms with Crippen LogP contribution in [0.25, 0.3) is 0 Å². The highest BCUT2D eigenvalue weighted by atomic mass is 79.9. The van der Waals surface area contributed by atoms with Gasteiger partial charge in [-0.05, 0) is 74.6 Å². The second-order valence-corrected chi connectivity index (χ2v) is 9.72. The maximum atomic E-state index is 13.1. The molecule has 2 atom stereocenters. The smallest absolute Gasteiger partial charge is 0.411 e. The van der Waals surface area contributed by atoms with Crippen molar-refractivity contribution in [3.8, 4) is 0 Å². The lowest BCUT2D eigenvalue weighted by molar-refractivity contribution is -0.138. The highest BCUT2D eigenvalue weighted by molar-refractivity contribution is 9.10. The standard InChI is InChI=1S/C19H23BrN2O3/c1-25-17(24)22-15-4-2-14(3-5-15)21-16(23)18-7-12-6-13(8-18)10-19(20,9-12)11-18/h2-5,12-13H,6-11H2,1H3,(H,21,23)(H,22,24). The first-order valence-corrected chi connectivity index (χ1v) is 9.64. The van der Waals surface area contributed by atoms with Crippen LogP contribution in [-0.4, -0.2) is 23.4 Å². The third kappa shape index (κ3) is 3.16. The van der Waals surface area contributed by atoms with Crippen molar-refractivity contribution in [2.24, 2.45) is 17.3 Å².